The van der Waals surface area contributed by atoms with E-state index in [0.717, 1.165) is 36.0 Å². The number of rotatable bonds is 15. The lowest BCUT2D eigenvalue weighted by Crippen LogP contribution is -2.39. The molecule has 9 nitrogen and oxygen atoms in total. The van der Waals surface area contributed by atoms with Crippen molar-refractivity contribution in [1.29, 1.82) is 0 Å². The van der Waals surface area contributed by atoms with Crippen molar-refractivity contribution in [3.63, 3.8) is 0 Å². The van der Waals surface area contributed by atoms with Gasteiger partial charge in [-0.3, -0.25) is 9.79 Å². The normalized spacial score (nSPS) is 17.5. The molecule has 2 atom stereocenters. The number of nitrogens with zero attached hydrogens (tertiary/aromatic N) is 2. The first-order valence-corrected chi connectivity index (χ1v) is 19.2. The smallest absolute Gasteiger partial charge is 0.410 e. The van der Waals surface area contributed by atoms with Gasteiger partial charge in [-0.2, -0.15) is 0 Å². The number of amides is 1. The van der Waals surface area contributed by atoms with Gasteiger partial charge in [0, 0.05) is 42.3 Å². The molecule has 10 heteroatoms. The van der Waals surface area contributed by atoms with Crippen LogP contribution in [-0.4, -0.2) is 66.7 Å². The Balaban J connectivity index is 1.13. The Kier molecular flexibility index (Phi) is 13.9. The lowest BCUT2D eigenvalue weighted by Gasteiger charge is -2.32. The molecule has 0 aromatic heterocycles. The fourth-order valence-electron chi connectivity index (χ4n) is 7.54. The van der Waals surface area contributed by atoms with Crippen molar-refractivity contribution in [2.45, 2.75) is 51.0 Å². The van der Waals surface area contributed by atoms with Gasteiger partial charge in [0.15, 0.2) is 0 Å². The van der Waals surface area contributed by atoms with Gasteiger partial charge in [0.2, 0.25) is 0 Å². The molecular weight excluding hydrogens is 716 g/mol. The molecule has 2 heterocycles. The molecular formula is C45H47ClN2O7. The summed E-state index contributed by atoms with van der Waals surface area (Å²) in [4.78, 5) is 46.1. The minimum atomic E-state index is -1.10. The number of ether oxygens (including phenoxy) is 3. The van der Waals surface area contributed by atoms with Gasteiger partial charge in [-0.15, -0.1) is 0 Å². The molecule has 0 spiro atoms. The number of hydrogen-bond acceptors (Lipinski definition) is 7. The second-order valence-corrected chi connectivity index (χ2v) is 14.5. The topological polar surface area (TPSA) is 115 Å². The molecule has 2 aliphatic rings. The summed E-state index contributed by atoms with van der Waals surface area (Å²) in [5.74, 6) is -3.37. The molecule has 6 rings (SSSR count). The molecule has 0 bridgehead atoms. The molecule has 1 fully saturated rings. The van der Waals surface area contributed by atoms with Gasteiger partial charge in [-0.05, 0) is 72.9 Å². The van der Waals surface area contributed by atoms with E-state index < -0.39 is 23.8 Å². The van der Waals surface area contributed by atoms with Crippen LogP contribution in [0.15, 0.2) is 132 Å². The Bertz CT molecular complexity index is 1920. The summed E-state index contributed by atoms with van der Waals surface area (Å²) in [6, 6.07) is 36.7. The Morgan fingerprint density at radius 2 is 1.45 bits per heavy atom. The van der Waals surface area contributed by atoms with Crippen LogP contribution in [0.1, 0.15) is 66.7 Å². The van der Waals surface area contributed by atoms with E-state index in [4.69, 9.17) is 25.8 Å². The highest BCUT2D eigenvalue weighted by Crippen LogP contribution is 2.41. The maximum atomic E-state index is 14.2. The number of carboxylic acid groups (broad SMARTS) is 1. The summed E-state index contributed by atoms with van der Waals surface area (Å²) in [6.45, 7) is 3.64. The third-order valence-corrected chi connectivity index (χ3v) is 10.7. The van der Waals surface area contributed by atoms with Crippen LogP contribution >= 0.6 is 11.6 Å². The monoisotopic (exact) mass is 762 g/mol. The van der Waals surface area contributed by atoms with Crippen LogP contribution in [0.4, 0.5) is 4.79 Å². The molecule has 55 heavy (non-hydrogen) atoms. The van der Waals surface area contributed by atoms with Crippen LogP contribution in [0, 0.1) is 11.8 Å². The van der Waals surface area contributed by atoms with Gasteiger partial charge in [0.25, 0.3) is 0 Å². The molecule has 1 amide bonds. The zero-order chi connectivity index (χ0) is 38.6. The molecule has 4 aromatic carbocycles. The van der Waals surface area contributed by atoms with E-state index in [-0.39, 0.29) is 37.4 Å². The molecule has 1 N–H and O–H groups in total. The summed E-state index contributed by atoms with van der Waals surface area (Å²) in [7, 11) is 0. The third kappa shape index (κ3) is 10.5. The summed E-state index contributed by atoms with van der Waals surface area (Å²) in [5.41, 5.74) is 4.62. The van der Waals surface area contributed by atoms with Crippen molar-refractivity contribution < 1.29 is 33.7 Å². The van der Waals surface area contributed by atoms with Crippen molar-refractivity contribution in [3.8, 4) is 0 Å². The fourth-order valence-corrected chi connectivity index (χ4v) is 7.74. The SMILES string of the molecule is CC1=NC(COCCC2CCN(C(=O)OCc3ccccc3)CC2)=C(C(=O)OCCC(c2ccccc2)c2ccccc2)C(c2cccc(Cl)c2)C1C(=O)O. The Labute approximate surface area is 327 Å². The number of aliphatic carboxylic acids is 1. The highest BCUT2D eigenvalue weighted by Gasteiger charge is 2.42. The number of carboxylic acids is 1. The number of piperidine rings is 1. The highest BCUT2D eigenvalue weighted by atomic mass is 35.5. The first kappa shape index (κ1) is 39.4. The van der Waals surface area contributed by atoms with E-state index in [0.29, 0.717) is 54.0 Å². The molecule has 1 saturated heterocycles. The first-order chi connectivity index (χ1) is 26.8. The van der Waals surface area contributed by atoms with E-state index in [1.807, 2.05) is 66.7 Å². The van der Waals surface area contributed by atoms with Crippen molar-refractivity contribution in [1.82, 2.24) is 4.90 Å². The molecule has 0 radical (unpaired) electrons. The van der Waals surface area contributed by atoms with Gasteiger partial charge in [0.1, 0.15) is 12.5 Å². The minimum Gasteiger partial charge on any atom is -0.481 e. The standard InChI is InChI=1S/C45H47ClN2O7/c1-31-40(43(49)50)41(36-18-11-19-37(46)28-36)42(44(51)54-27-23-38(34-14-7-3-8-15-34)35-16-9-4-10-17-35)39(47-31)30-53-26-22-32-20-24-48(25-21-32)45(52)55-29-33-12-5-2-6-13-33/h2-19,28,32,38,40-41H,20-27,29-30H2,1H3,(H,49,50). The second kappa shape index (κ2) is 19.4. The predicted octanol–water partition coefficient (Wildman–Crippen LogP) is 9.07. The number of likely N-dealkylation sites (tertiary alicyclic amines) is 1. The Morgan fingerprint density at radius 1 is 0.818 bits per heavy atom. The molecule has 2 unspecified atom stereocenters. The second-order valence-electron chi connectivity index (χ2n) is 14.1. The average Bonchev–Trinajstić information content (AvgIpc) is 3.21. The van der Waals surface area contributed by atoms with Crippen LogP contribution in [0.2, 0.25) is 5.02 Å². The van der Waals surface area contributed by atoms with Crippen molar-refractivity contribution >= 4 is 35.3 Å². The predicted molar refractivity (Wildman–Crippen MR) is 212 cm³/mol. The maximum absolute atomic E-state index is 14.2. The number of hydrogen-bond donors (Lipinski definition) is 1. The zero-order valence-corrected chi connectivity index (χ0v) is 31.8. The Morgan fingerprint density at radius 3 is 2.07 bits per heavy atom. The lowest BCUT2D eigenvalue weighted by atomic mass is 9.75. The van der Waals surface area contributed by atoms with E-state index in [1.54, 1.807) is 36.1 Å². The molecule has 4 aromatic rings. The van der Waals surface area contributed by atoms with Crippen molar-refractivity contribution in [2.75, 3.05) is 32.9 Å². The van der Waals surface area contributed by atoms with Crippen LogP contribution < -0.4 is 0 Å². The summed E-state index contributed by atoms with van der Waals surface area (Å²) < 4.78 is 17.7. The number of carbonyl (C=O) groups is 3. The van der Waals surface area contributed by atoms with Gasteiger partial charge >= 0.3 is 18.0 Å². The van der Waals surface area contributed by atoms with Crippen molar-refractivity contribution in [2.24, 2.45) is 16.8 Å². The minimum absolute atomic E-state index is 0.00644. The summed E-state index contributed by atoms with van der Waals surface area (Å²) >= 11 is 6.41. The molecule has 0 saturated carbocycles. The van der Waals surface area contributed by atoms with Crippen LogP contribution in [-0.2, 0) is 30.4 Å². The summed E-state index contributed by atoms with van der Waals surface area (Å²) in [5, 5.41) is 10.9. The average molecular weight is 763 g/mol. The van der Waals surface area contributed by atoms with Crippen LogP contribution in [0.3, 0.4) is 0 Å². The number of halogens is 1. The van der Waals surface area contributed by atoms with Gasteiger partial charge in [0.05, 0.1) is 24.5 Å². The van der Waals surface area contributed by atoms with Gasteiger partial charge < -0.3 is 24.2 Å². The number of esters is 1. The van der Waals surface area contributed by atoms with Crippen LogP contribution in [0.5, 0.6) is 0 Å². The highest BCUT2D eigenvalue weighted by molar-refractivity contribution is 6.30. The van der Waals surface area contributed by atoms with E-state index in [2.05, 4.69) is 29.3 Å². The molecule has 2 aliphatic heterocycles. The zero-order valence-electron chi connectivity index (χ0n) is 31.0. The Hall–Kier alpha value is -5.25. The van der Waals surface area contributed by atoms with Crippen molar-refractivity contribution in [3.05, 3.63) is 154 Å². The maximum Gasteiger partial charge on any atom is 0.410 e. The quantitative estimate of drug-likeness (QED) is 0.0950. The van der Waals surface area contributed by atoms with E-state index in [1.165, 1.54) is 0 Å². The van der Waals surface area contributed by atoms with E-state index >= 15 is 0 Å². The first-order valence-electron chi connectivity index (χ1n) is 18.9. The van der Waals surface area contributed by atoms with Gasteiger partial charge in [-0.1, -0.05) is 115 Å². The molecule has 286 valence electrons. The lowest BCUT2D eigenvalue weighted by molar-refractivity contribution is -0.141. The largest absolute Gasteiger partial charge is 0.481 e. The fraction of sp³-hybridized carbons (Fsp3) is 0.333. The number of benzene rings is 4. The number of carbonyl (C=O) groups excluding carboxylic acids is 2. The molecule has 0 aliphatic carbocycles. The number of aliphatic imine (C=N–C) groups is 1. The third-order valence-electron chi connectivity index (χ3n) is 10.4. The van der Waals surface area contributed by atoms with E-state index in [9.17, 15) is 19.5 Å². The van der Waals surface area contributed by atoms with Crippen LogP contribution in [0.25, 0.3) is 0 Å². The van der Waals surface area contributed by atoms with Gasteiger partial charge in [-0.25, -0.2) is 9.59 Å². The summed E-state index contributed by atoms with van der Waals surface area (Å²) in [6.07, 6.45) is 2.63.